The summed E-state index contributed by atoms with van der Waals surface area (Å²) in [4.78, 5) is 12.6. The van der Waals surface area contributed by atoms with Gasteiger partial charge in [0.2, 0.25) is 0 Å². The number of nitrogens with one attached hydrogen (secondary N) is 2. The van der Waals surface area contributed by atoms with Crippen molar-refractivity contribution in [3.05, 3.63) is 82.7 Å². The Morgan fingerprint density at radius 1 is 1.17 bits per heavy atom. The molecule has 2 heterocycles. The van der Waals surface area contributed by atoms with Gasteiger partial charge in [-0.2, -0.15) is 5.10 Å². The number of para-hydroxylation sites is 1. The van der Waals surface area contributed by atoms with Crippen molar-refractivity contribution in [2.75, 3.05) is 7.11 Å². The van der Waals surface area contributed by atoms with Crippen molar-refractivity contribution in [2.24, 2.45) is 0 Å². The lowest BCUT2D eigenvalue weighted by atomic mass is 9.94. The molecule has 0 amide bonds. The van der Waals surface area contributed by atoms with E-state index in [0.29, 0.717) is 27.1 Å². The molecule has 152 valence electrons. The maximum atomic E-state index is 12.6. The third kappa shape index (κ3) is 3.81. The Morgan fingerprint density at radius 3 is 2.53 bits per heavy atom. The minimum Gasteiger partial charge on any atom is -0.466 e. The van der Waals surface area contributed by atoms with Gasteiger partial charge in [-0.1, -0.05) is 41.9 Å². The van der Waals surface area contributed by atoms with E-state index in [4.69, 9.17) is 33.7 Å². The number of halogens is 1. The molecule has 0 radical (unpaired) electrons. The predicted octanol–water partition coefficient (Wildman–Crippen LogP) is 4.16. The molecule has 3 aromatic rings. The molecule has 6 nitrogen and oxygen atoms in total. The normalized spacial score (nSPS) is 16.1. The lowest BCUT2D eigenvalue weighted by Gasteiger charge is -2.29. The maximum absolute atomic E-state index is 12.6. The summed E-state index contributed by atoms with van der Waals surface area (Å²) in [7, 11) is 1.36. The number of ether oxygens (including phenoxy) is 1. The van der Waals surface area contributed by atoms with Crippen molar-refractivity contribution in [1.82, 2.24) is 20.4 Å². The average molecular weight is 439 g/mol. The van der Waals surface area contributed by atoms with Gasteiger partial charge in [-0.25, -0.2) is 9.48 Å². The second kappa shape index (κ2) is 8.30. The van der Waals surface area contributed by atoms with E-state index in [9.17, 15) is 4.79 Å². The third-order valence-corrected chi connectivity index (χ3v) is 5.34. The van der Waals surface area contributed by atoms with Gasteiger partial charge in [-0.05, 0) is 43.4 Å². The van der Waals surface area contributed by atoms with Crippen LogP contribution >= 0.6 is 23.8 Å². The van der Waals surface area contributed by atoms with Crippen molar-refractivity contribution in [3.63, 3.8) is 0 Å². The molecule has 0 unspecified atom stereocenters. The molecule has 1 aliphatic heterocycles. The number of carbonyl (C=O) groups excluding carboxylic acids is 1. The molecule has 0 saturated carbocycles. The second-order valence-electron chi connectivity index (χ2n) is 6.78. The van der Waals surface area contributed by atoms with Crippen molar-refractivity contribution >= 4 is 34.9 Å². The Balaban J connectivity index is 1.92. The summed E-state index contributed by atoms with van der Waals surface area (Å²) >= 11 is 11.4. The summed E-state index contributed by atoms with van der Waals surface area (Å²) in [6, 6.07) is 16.7. The topological polar surface area (TPSA) is 68.2 Å². The van der Waals surface area contributed by atoms with Gasteiger partial charge in [0, 0.05) is 28.0 Å². The molecule has 1 aromatic heterocycles. The molecular formula is C22H19ClN4O2S. The maximum Gasteiger partial charge on any atom is 0.337 e. The molecule has 1 aliphatic rings. The van der Waals surface area contributed by atoms with Gasteiger partial charge in [0.25, 0.3) is 0 Å². The summed E-state index contributed by atoms with van der Waals surface area (Å²) in [6.07, 6.45) is 1.90. The lowest BCUT2D eigenvalue weighted by molar-refractivity contribution is -0.136. The van der Waals surface area contributed by atoms with E-state index in [2.05, 4.69) is 10.6 Å². The molecule has 0 spiro atoms. The Labute approximate surface area is 184 Å². The number of carbonyl (C=O) groups is 1. The highest BCUT2D eigenvalue weighted by Crippen LogP contribution is 2.35. The molecule has 0 fully saturated rings. The van der Waals surface area contributed by atoms with Crippen molar-refractivity contribution in [3.8, 4) is 16.9 Å². The van der Waals surface area contributed by atoms with Gasteiger partial charge < -0.3 is 15.4 Å². The predicted molar refractivity (Wildman–Crippen MR) is 120 cm³/mol. The zero-order valence-electron chi connectivity index (χ0n) is 16.3. The van der Waals surface area contributed by atoms with Gasteiger partial charge in [-0.15, -0.1) is 0 Å². The number of thiocarbonyl (C=S) groups is 1. The summed E-state index contributed by atoms with van der Waals surface area (Å²) in [5.74, 6) is -0.436. The highest BCUT2D eigenvalue weighted by Gasteiger charge is 2.33. The zero-order valence-corrected chi connectivity index (χ0v) is 17.9. The first kappa shape index (κ1) is 20.1. The third-order valence-electron chi connectivity index (χ3n) is 4.87. The number of nitrogens with zero attached hydrogens (tertiary/aromatic N) is 2. The number of hydrogen-bond acceptors (Lipinski definition) is 4. The number of allylic oxidation sites excluding steroid dienone is 1. The summed E-state index contributed by atoms with van der Waals surface area (Å²) in [6.45, 7) is 1.80. The van der Waals surface area contributed by atoms with Crippen LogP contribution in [0.3, 0.4) is 0 Å². The summed E-state index contributed by atoms with van der Waals surface area (Å²) < 4.78 is 6.82. The lowest BCUT2D eigenvalue weighted by Crippen LogP contribution is -2.45. The van der Waals surface area contributed by atoms with Crippen LogP contribution in [0.5, 0.6) is 0 Å². The van der Waals surface area contributed by atoms with Crippen LogP contribution < -0.4 is 10.6 Å². The molecule has 2 aromatic carbocycles. The van der Waals surface area contributed by atoms with Gasteiger partial charge in [0.05, 0.1) is 30.1 Å². The largest absolute Gasteiger partial charge is 0.466 e. The van der Waals surface area contributed by atoms with Crippen LogP contribution in [0.15, 0.2) is 72.1 Å². The molecule has 2 N–H and O–H groups in total. The Bertz CT molecular complexity index is 1140. The van der Waals surface area contributed by atoms with Crippen LogP contribution in [-0.4, -0.2) is 28.0 Å². The van der Waals surface area contributed by atoms with E-state index >= 15 is 0 Å². The van der Waals surface area contributed by atoms with Crippen LogP contribution in [0.2, 0.25) is 5.02 Å². The first-order valence-electron chi connectivity index (χ1n) is 9.25. The molecule has 0 bridgehead atoms. The van der Waals surface area contributed by atoms with Crippen LogP contribution in [0, 0.1) is 0 Å². The second-order valence-corrected chi connectivity index (χ2v) is 7.63. The first-order chi connectivity index (χ1) is 14.5. The van der Waals surface area contributed by atoms with Crippen LogP contribution in [-0.2, 0) is 9.53 Å². The average Bonchev–Trinajstić information content (AvgIpc) is 3.19. The quantitative estimate of drug-likeness (QED) is 0.471. The van der Waals surface area contributed by atoms with Crippen molar-refractivity contribution in [1.29, 1.82) is 0 Å². The molecule has 0 aliphatic carbocycles. The Morgan fingerprint density at radius 2 is 1.87 bits per heavy atom. The molecule has 4 rings (SSSR count). The minimum atomic E-state index is -0.519. The number of hydrogen-bond donors (Lipinski definition) is 2. The molecule has 30 heavy (non-hydrogen) atoms. The zero-order chi connectivity index (χ0) is 21.3. The van der Waals surface area contributed by atoms with Gasteiger partial charge in [0.1, 0.15) is 0 Å². The van der Waals surface area contributed by atoms with E-state index < -0.39 is 12.0 Å². The molecule has 1 atom stereocenters. The SMILES string of the molecule is COC(=O)C1=C(C)NC(=S)N[C@H]1c1cn(-c2ccccc2)nc1-c1ccc(Cl)cc1. The monoisotopic (exact) mass is 438 g/mol. The van der Waals surface area contributed by atoms with E-state index in [1.165, 1.54) is 7.11 Å². The van der Waals surface area contributed by atoms with Gasteiger partial charge in [0.15, 0.2) is 5.11 Å². The molecule has 8 heteroatoms. The summed E-state index contributed by atoms with van der Waals surface area (Å²) in [5.41, 5.74) is 4.38. The Kier molecular flexibility index (Phi) is 5.57. The highest BCUT2D eigenvalue weighted by atomic mass is 35.5. The smallest absolute Gasteiger partial charge is 0.337 e. The summed E-state index contributed by atoms with van der Waals surface area (Å²) in [5, 5.41) is 12.1. The van der Waals surface area contributed by atoms with Crippen LogP contribution in [0.25, 0.3) is 16.9 Å². The number of aromatic nitrogens is 2. The molecular weight excluding hydrogens is 420 g/mol. The first-order valence-corrected chi connectivity index (χ1v) is 10.0. The van der Waals surface area contributed by atoms with Crippen LogP contribution in [0.1, 0.15) is 18.5 Å². The Hall–Kier alpha value is -3.16. The number of benzene rings is 2. The van der Waals surface area contributed by atoms with Crippen LogP contribution in [0.4, 0.5) is 0 Å². The number of methoxy groups -OCH3 is 1. The fourth-order valence-electron chi connectivity index (χ4n) is 3.45. The minimum absolute atomic E-state index is 0.430. The number of esters is 1. The van der Waals surface area contributed by atoms with Crippen molar-refractivity contribution in [2.45, 2.75) is 13.0 Å². The van der Waals surface area contributed by atoms with E-state index in [0.717, 1.165) is 16.8 Å². The molecule has 0 saturated heterocycles. The fraction of sp³-hybridized carbons (Fsp3) is 0.136. The fourth-order valence-corrected chi connectivity index (χ4v) is 3.85. The number of rotatable bonds is 4. The standard InChI is InChI=1S/C22H19ClN4O2S/c1-13-18(21(28)29-2)20(25-22(30)24-13)17-12-27(16-6-4-3-5-7-16)26-19(17)14-8-10-15(23)11-9-14/h3-12,20H,1-2H3,(H2,24,25,30)/t20-/m0/s1. The van der Waals surface area contributed by atoms with E-state index in [1.807, 2.05) is 60.8 Å². The van der Waals surface area contributed by atoms with E-state index in [1.54, 1.807) is 11.6 Å². The van der Waals surface area contributed by atoms with Crippen molar-refractivity contribution < 1.29 is 9.53 Å². The van der Waals surface area contributed by atoms with E-state index in [-0.39, 0.29) is 0 Å². The van der Waals surface area contributed by atoms with Gasteiger partial charge >= 0.3 is 5.97 Å². The highest BCUT2D eigenvalue weighted by molar-refractivity contribution is 7.80. The van der Waals surface area contributed by atoms with Gasteiger partial charge in [-0.3, -0.25) is 0 Å².